The van der Waals surface area contributed by atoms with E-state index in [0.29, 0.717) is 0 Å². The van der Waals surface area contributed by atoms with Crippen molar-refractivity contribution in [2.75, 3.05) is 0 Å². The normalized spacial score (nSPS) is 18.7. The second-order valence-corrected chi connectivity index (χ2v) is 6.59. The van der Waals surface area contributed by atoms with Gasteiger partial charge in [-0.3, -0.25) is 0 Å². The Labute approximate surface area is 93.5 Å². The molecule has 0 unspecified atom stereocenters. The predicted molar refractivity (Wildman–Crippen MR) is 64.3 cm³/mol. The minimum atomic E-state index is -0.189. The van der Waals surface area contributed by atoms with Crippen LogP contribution < -0.4 is 5.32 Å². The van der Waals surface area contributed by atoms with Gasteiger partial charge in [0.25, 0.3) is 0 Å². The maximum atomic E-state index is 4.24. The highest BCUT2D eigenvalue weighted by molar-refractivity contribution is 6.52. The summed E-state index contributed by atoms with van der Waals surface area (Å²) < 4.78 is 0. The summed E-state index contributed by atoms with van der Waals surface area (Å²) in [5, 5.41) is 13.3. The van der Waals surface area contributed by atoms with Gasteiger partial charge in [0.05, 0.1) is 15.7 Å². The molecule has 0 atom stereocenters. The first kappa shape index (κ1) is 10.7. The van der Waals surface area contributed by atoms with Crippen LogP contribution in [0.4, 0.5) is 0 Å². The SMILES string of the molecule is CC[SiH2]c1nnncc1C1CCCCC1. The van der Waals surface area contributed by atoms with Crippen LogP contribution in [-0.2, 0) is 0 Å². The Balaban J connectivity index is 2.17. The van der Waals surface area contributed by atoms with Gasteiger partial charge in [-0.05, 0) is 29.5 Å². The summed E-state index contributed by atoms with van der Waals surface area (Å²) in [4.78, 5) is 0. The van der Waals surface area contributed by atoms with Crippen LogP contribution in [0.1, 0.15) is 50.5 Å². The zero-order valence-corrected chi connectivity index (χ0v) is 10.9. The summed E-state index contributed by atoms with van der Waals surface area (Å²) in [6, 6.07) is 1.28. The molecule has 0 saturated heterocycles. The molecule has 1 aliphatic rings. The van der Waals surface area contributed by atoms with Gasteiger partial charge in [0.15, 0.2) is 0 Å². The lowest BCUT2D eigenvalue weighted by Crippen LogP contribution is -2.27. The number of hydrogen-bond acceptors (Lipinski definition) is 3. The Morgan fingerprint density at radius 2 is 2.13 bits per heavy atom. The van der Waals surface area contributed by atoms with E-state index in [9.17, 15) is 0 Å². The summed E-state index contributed by atoms with van der Waals surface area (Å²) in [7, 11) is -0.189. The number of hydrogen-bond donors (Lipinski definition) is 0. The van der Waals surface area contributed by atoms with Crippen LogP contribution in [0, 0.1) is 0 Å². The minimum Gasteiger partial charge on any atom is -0.141 e. The smallest absolute Gasteiger partial charge is 0.0812 e. The molecule has 1 aliphatic carbocycles. The van der Waals surface area contributed by atoms with Gasteiger partial charge in [-0.2, -0.15) is 0 Å². The van der Waals surface area contributed by atoms with Crippen molar-refractivity contribution in [1.82, 2.24) is 15.4 Å². The lowest BCUT2D eigenvalue weighted by atomic mass is 9.85. The van der Waals surface area contributed by atoms with E-state index in [2.05, 4.69) is 22.3 Å². The van der Waals surface area contributed by atoms with Crippen molar-refractivity contribution in [3.05, 3.63) is 11.8 Å². The van der Waals surface area contributed by atoms with Crippen LogP contribution in [0.25, 0.3) is 0 Å². The van der Waals surface area contributed by atoms with Gasteiger partial charge < -0.3 is 0 Å². The van der Waals surface area contributed by atoms with Crippen molar-refractivity contribution in [2.45, 2.75) is 51.0 Å². The average molecular weight is 221 g/mol. The Kier molecular flexibility index (Phi) is 3.83. The largest absolute Gasteiger partial charge is 0.141 e. The summed E-state index contributed by atoms with van der Waals surface area (Å²) >= 11 is 0. The van der Waals surface area contributed by atoms with Crippen LogP contribution in [0.3, 0.4) is 0 Å². The van der Waals surface area contributed by atoms with Crippen LogP contribution >= 0.6 is 0 Å². The molecule has 0 aliphatic heterocycles. The Morgan fingerprint density at radius 3 is 2.87 bits per heavy atom. The molecule has 2 rings (SSSR count). The lowest BCUT2D eigenvalue weighted by molar-refractivity contribution is 0.442. The highest BCUT2D eigenvalue weighted by atomic mass is 28.2. The van der Waals surface area contributed by atoms with Crippen molar-refractivity contribution in [3.8, 4) is 0 Å². The number of rotatable bonds is 3. The molecule has 1 heterocycles. The molecule has 82 valence electrons. The number of aromatic nitrogens is 3. The summed E-state index contributed by atoms with van der Waals surface area (Å²) in [6.07, 6.45) is 8.79. The third kappa shape index (κ3) is 2.62. The van der Waals surface area contributed by atoms with Crippen molar-refractivity contribution in [2.24, 2.45) is 0 Å². The second kappa shape index (κ2) is 5.35. The predicted octanol–water partition coefficient (Wildman–Crippen LogP) is 1.15. The molecular formula is C11H19N3Si. The standard InChI is InChI=1S/C11H19N3Si/c1-2-15-11-10(8-12-14-13-11)9-6-4-3-5-7-9/h8-9H,2-7,15H2,1H3. The van der Waals surface area contributed by atoms with Crippen LogP contribution in [-0.4, -0.2) is 24.9 Å². The van der Waals surface area contributed by atoms with Gasteiger partial charge in [-0.1, -0.05) is 32.2 Å². The van der Waals surface area contributed by atoms with Gasteiger partial charge in [0.2, 0.25) is 0 Å². The lowest BCUT2D eigenvalue weighted by Gasteiger charge is -2.22. The molecule has 0 N–H and O–H groups in total. The first-order valence-electron chi connectivity index (χ1n) is 6.09. The highest BCUT2D eigenvalue weighted by Gasteiger charge is 2.19. The maximum absolute atomic E-state index is 4.24. The summed E-state index contributed by atoms with van der Waals surface area (Å²) in [5.41, 5.74) is 1.43. The third-order valence-corrected chi connectivity index (χ3v) is 4.80. The Bertz CT molecular complexity index is 310. The Hall–Kier alpha value is -0.773. The fourth-order valence-corrected chi connectivity index (χ4v) is 3.79. The minimum absolute atomic E-state index is 0.189. The molecule has 0 aromatic carbocycles. The van der Waals surface area contributed by atoms with Crippen molar-refractivity contribution in [1.29, 1.82) is 0 Å². The topological polar surface area (TPSA) is 38.7 Å². The Morgan fingerprint density at radius 1 is 1.33 bits per heavy atom. The summed E-state index contributed by atoms with van der Waals surface area (Å²) in [6.45, 7) is 2.25. The molecule has 3 nitrogen and oxygen atoms in total. The van der Waals surface area contributed by atoms with Crippen molar-refractivity contribution >= 4 is 14.8 Å². The van der Waals surface area contributed by atoms with E-state index in [0.717, 1.165) is 5.92 Å². The first-order chi connectivity index (χ1) is 7.42. The molecule has 1 fully saturated rings. The van der Waals surface area contributed by atoms with Crippen molar-refractivity contribution in [3.63, 3.8) is 0 Å². The quantitative estimate of drug-likeness (QED) is 0.719. The van der Waals surface area contributed by atoms with Gasteiger partial charge in [0.1, 0.15) is 0 Å². The van der Waals surface area contributed by atoms with E-state index >= 15 is 0 Å². The van der Waals surface area contributed by atoms with Gasteiger partial charge in [-0.15, -0.1) is 10.2 Å². The molecule has 1 aromatic heterocycles. The first-order valence-corrected chi connectivity index (χ1v) is 7.79. The average Bonchev–Trinajstić information content (AvgIpc) is 2.31. The highest BCUT2D eigenvalue weighted by Crippen LogP contribution is 2.30. The zero-order valence-electron chi connectivity index (χ0n) is 9.45. The molecule has 0 amide bonds. The molecular weight excluding hydrogens is 202 g/mol. The van der Waals surface area contributed by atoms with E-state index < -0.39 is 0 Å². The van der Waals surface area contributed by atoms with Gasteiger partial charge in [0, 0.05) is 5.32 Å². The second-order valence-electron chi connectivity index (χ2n) is 4.42. The molecule has 0 bridgehead atoms. The van der Waals surface area contributed by atoms with Crippen LogP contribution in [0.5, 0.6) is 0 Å². The number of nitrogens with zero attached hydrogens (tertiary/aromatic N) is 3. The fourth-order valence-electron chi connectivity index (χ4n) is 2.49. The fraction of sp³-hybridized carbons (Fsp3) is 0.727. The molecule has 1 aromatic rings. The maximum Gasteiger partial charge on any atom is 0.0812 e. The molecule has 0 spiro atoms. The third-order valence-electron chi connectivity index (χ3n) is 3.28. The van der Waals surface area contributed by atoms with E-state index in [1.54, 1.807) is 0 Å². The van der Waals surface area contributed by atoms with Gasteiger partial charge in [-0.25, -0.2) is 0 Å². The van der Waals surface area contributed by atoms with E-state index in [1.165, 1.54) is 49.0 Å². The van der Waals surface area contributed by atoms with Crippen molar-refractivity contribution < 1.29 is 0 Å². The van der Waals surface area contributed by atoms with E-state index in [-0.39, 0.29) is 9.52 Å². The molecule has 0 radical (unpaired) electrons. The molecule has 4 heteroatoms. The molecule has 15 heavy (non-hydrogen) atoms. The van der Waals surface area contributed by atoms with Crippen LogP contribution in [0.2, 0.25) is 6.04 Å². The van der Waals surface area contributed by atoms with Gasteiger partial charge >= 0.3 is 0 Å². The monoisotopic (exact) mass is 221 g/mol. The summed E-state index contributed by atoms with van der Waals surface area (Å²) in [5.74, 6) is 0.732. The molecule has 1 saturated carbocycles. The van der Waals surface area contributed by atoms with Crippen LogP contribution in [0.15, 0.2) is 6.20 Å². The van der Waals surface area contributed by atoms with E-state index in [1.807, 2.05) is 6.20 Å². The van der Waals surface area contributed by atoms with E-state index in [4.69, 9.17) is 0 Å². The zero-order chi connectivity index (χ0) is 10.5.